The molecule has 0 fully saturated rings. The minimum atomic E-state index is -3.63. The van der Waals surface area contributed by atoms with Gasteiger partial charge in [0.1, 0.15) is 16.4 Å². The third-order valence-electron chi connectivity index (χ3n) is 2.92. The first-order valence-electron chi connectivity index (χ1n) is 6.35. The van der Waals surface area contributed by atoms with Crippen molar-refractivity contribution in [3.8, 4) is 0 Å². The normalized spacial score (nSPS) is 13.5. The van der Waals surface area contributed by atoms with Crippen LogP contribution >= 0.6 is 22.9 Å². The maximum absolute atomic E-state index is 12.4. The quantitative estimate of drug-likeness (QED) is 0.841. The Morgan fingerprint density at radius 1 is 1.43 bits per heavy atom. The van der Waals surface area contributed by atoms with E-state index in [0.717, 1.165) is 4.88 Å². The second-order valence-corrected chi connectivity index (χ2v) is 8.08. The van der Waals surface area contributed by atoms with Crippen molar-refractivity contribution in [3.05, 3.63) is 38.9 Å². The summed E-state index contributed by atoms with van der Waals surface area (Å²) in [6.45, 7) is 3.90. The molecule has 0 aromatic carbocycles. The van der Waals surface area contributed by atoms with Crippen LogP contribution in [0.3, 0.4) is 0 Å². The van der Waals surface area contributed by atoms with Crippen LogP contribution in [0.1, 0.15) is 29.4 Å². The van der Waals surface area contributed by atoms with E-state index < -0.39 is 10.0 Å². The van der Waals surface area contributed by atoms with Gasteiger partial charge < -0.3 is 9.73 Å². The van der Waals surface area contributed by atoms with Gasteiger partial charge in [0.2, 0.25) is 10.0 Å². The number of thiophene rings is 1. The molecule has 2 aromatic rings. The maximum atomic E-state index is 12.4. The number of furan rings is 1. The predicted octanol–water partition coefficient (Wildman–Crippen LogP) is 3.06. The van der Waals surface area contributed by atoms with E-state index >= 15 is 0 Å². The average molecular weight is 349 g/mol. The van der Waals surface area contributed by atoms with Crippen LogP contribution in [0, 0.1) is 6.92 Å². The molecule has 0 bridgehead atoms. The van der Waals surface area contributed by atoms with Gasteiger partial charge in [-0.15, -0.1) is 11.3 Å². The monoisotopic (exact) mass is 348 g/mol. The fourth-order valence-corrected chi connectivity index (χ4v) is 4.53. The van der Waals surface area contributed by atoms with E-state index in [2.05, 4.69) is 10.0 Å². The molecule has 2 heterocycles. The Bertz CT molecular complexity index is 722. The van der Waals surface area contributed by atoms with Gasteiger partial charge in [-0.3, -0.25) is 0 Å². The highest BCUT2D eigenvalue weighted by atomic mass is 35.5. The molecule has 0 amide bonds. The standard InChI is InChI=1S/C13H17ClN2O3S2/c1-8(11-4-5-13(14)20-11)16-21(17,18)12-6-10(7-15-3)19-9(12)2/h4-6,8,15-16H,7H2,1-3H3. The van der Waals surface area contributed by atoms with Crippen molar-refractivity contribution in [3.63, 3.8) is 0 Å². The summed E-state index contributed by atoms with van der Waals surface area (Å²) in [5.41, 5.74) is 0. The van der Waals surface area contributed by atoms with Crippen LogP contribution in [0.25, 0.3) is 0 Å². The first-order chi connectivity index (χ1) is 9.83. The van der Waals surface area contributed by atoms with Crippen molar-refractivity contribution in [2.45, 2.75) is 31.3 Å². The summed E-state index contributed by atoms with van der Waals surface area (Å²) in [7, 11) is -1.86. The van der Waals surface area contributed by atoms with Crippen LogP contribution in [-0.2, 0) is 16.6 Å². The molecule has 1 unspecified atom stereocenters. The van der Waals surface area contributed by atoms with Gasteiger partial charge in [-0.25, -0.2) is 13.1 Å². The van der Waals surface area contributed by atoms with Crippen molar-refractivity contribution in [1.82, 2.24) is 10.0 Å². The van der Waals surface area contributed by atoms with Crippen LogP contribution in [-0.4, -0.2) is 15.5 Å². The van der Waals surface area contributed by atoms with Gasteiger partial charge in [0.05, 0.1) is 16.9 Å². The Hall–Kier alpha value is -0.860. The van der Waals surface area contributed by atoms with E-state index in [0.29, 0.717) is 22.4 Å². The van der Waals surface area contributed by atoms with Gasteiger partial charge in [0, 0.05) is 10.9 Å². The second kappa shape index (κ2) is 6.50. The lowest BCUT2D eigenvalue weighted by atomic mass is 10.3. The zero-order valence-electron chi connectivity index (χ0n) is 11.9. The van der Waals surface area contributed by atoms with E-state index in [-0.39, 0.29) is 10.9 Å². The highest BCUT2D eigenvalue weighted by molar-refractivity contribution is 7.89. The van der Waals surface area contributed by atoms with E-state index in [1.54, 1.807) is 33.0 Å². The smallest absolute Gasteiger partial charge is 0.244 e. The van der Waals surface area contributed by atoms with Gasteiger partial charge in [0.15, 0.2) is 0 Å². The van der Waals surface area contributed by atoms with Crippen LogP contribution in [0.4, 0.5) is 0 Å². The van der Waals surface area contributed by atoms with Crippen molar-refractivity contribution >= 4 is 33.0 Å². The van der Waals surface area contributed by atoms with Crippen LogP contribution in [0.5, 0.6) is 0 Å². The summed E-state index contributed by atoms with van der Waals surface area (Å²) in [6, 6.07) is 4.76. The van der Waals surface area contributed by atoms with Crippen LogP contribution in [0.2, 0.25) is 4.34 Å². The number of aryl methyl sites for hydroxylation is 1. The molecule has 0 aliphatic heterocycles. The number of sulfonamides is 1. The number of hydrogen-bond acceptors (Lipinski definition) is 5. The zero-order valence-corrected chi connectivity index (χ0v) is 14.3. The minimum Gasteiger partial charge on any atom is -0.464 e. The summed E-state index contributed by atoms with van der Waals surface area (Å²) >= 11 is 7.23. The number of nitrogens with one attached hydrogen (secondary N) is 2. The molecule has 0 aliphatic rings. The Labute approximate surface area is 133 Å². The van der Waals surface area contributed by atoms with E-state index in [4.69, 9.17) is 16.0 Å². The molecule has 8 heteroatoms. The molecular formula is C13H17ClN2O3S2. The molecule has 2 rings (SSSR count). The molecular weight excluding hydrogens is 332 g/mol. The Morgan fingerprint density at radius 2 is 2.14 bits per heavy atom. The minimum absolute atomic E-state index is 0.169. The molecule has 1 atom stereocenters. The molecule has 2 aromatic heterocycles. The Morgan fingerprint density at radius 3 is 2.71 bits per heavy atom. The van der Waals surface area contributed by atoms with Crippen molar-refractivity contribution in [2.24, 2.45) is 0 Å². The van der Waals surface area contributed by atoms with Gasteiger partial charge in [-0.05, 0) is 33.0 Å². The maximum Gasteiger partial charge on any atom is 0.244 e. The van der Waals surface area contributed by atoms with E-state index in [1.807, 2.05) is 6.07 Å². The van der Waals surface area contributed by atoms with E-state index in [1.165, 1.54) is 11.3 Å². The predicted molar refractivity (Wildman–Crippen MR) is 84.3 cm³/mol. The highest BCUT2D eigenvalue weighted by Gasteiger charge is 2.24. The van der Waals surface area contributed by atoms with Gasteiger partial charge in [-0.1, -0.05) is 11.6 Å². The average Bonchev–Trinajstić information content (AvgIpc) is 2.96. The molecule has 5 nitrogen and oxygen atoms in total. The van der Waals surface area contributed by atoms with Crippen LogP contribution in [0.15, 0.2) is 27.5 Å². The first-order valence-corrected chi connectivity index (χ1v) is 9.02. The lowest BCUT2D eigenvalue weighted by molar-refractivity contribution is 0.465. The topological polar surface area (TPSA) is 71.3 Å². The van der Waals surface area contributed by atoms with Gasteiger partial charge in [0.25, 0.3) is 0 Å². The van der Waals surface area contributed by atoms with Crippen molar-refractivity contribution in [2.75, 3.05) is 7.05 Å². The lowest BCUT2D eigenvalue weighted by Gasteiger charge is -2.11. The SMILES string of the molecule is CNCc1cc(S(=O)(=O)NC(C)c2ccc(Cl)s2)c(C)o1. The van der Waals surface area contributed by atoms with Crippen molar-refractivity contribution in [1.29, 1.82) is 0 Å². The van der Waals surface area contributed by atoms with Crippen LogP contribution < -0.4 is 10.0 Å². The summed E-state index contributed by atoms with van der Waals surface area (Å²) in [6.07, 6.45) is 0. The largest absolute Gasteiger partial charge is 0.464 e. The highest BCUT2D eigenvalue weighted by Crippen LogP contribution is 2.28. The fraction of sp³-hybridized carbons (Fsp3) is 0.385. The summed E-state index contributed by atoms with van der Waals surface area (Å²) in [5, 5.41) is 2.92. The molecule has 21 heavy (non-hydrogen) atoms. The lowest BCUT2D eigenvalue weighted by Crippen LogP contribution is -2.26. The zero-order chi connectivity index (χ0) is 15.6. The first kappa shape index (κ1) is 16.5. The molecule has 0 spiro atoms. The number of rotatable bonds is 6. The molecule has 116 valence electrons. The summed E-state index contributed by atoms with van der Waals surface area (Å²) < 4.78 is 33.6. The van der Waals surface area contributed by atoms with Gasteiger partial charge in [-0.2, -0.15) is 0 Å². The second-order valence-electron chi connectivity index (χ2n) is 4.65. The Kier molecular flexibility index (Phi) is 5.11. The molecule has 0 saturated carbocycles. The van der Waals surface area contributed by atoms with Gasteiger partial charge >= 0.3 is 0 Å². The number of halogens is 1. The third kappa shape index (κ3) is 3.87. The molecule has 0 radical (unpaired) electrons. The molecule has 0 aliphatic carbocycles. The summed E-state index contributed by atoms with van der Waals surface area (Å²) in [5.74, 6) is 0.964. The fourth-order valence-electron chi connectivity index (χ4n) is 1.97. The number of hydrogen-bond donors (Lipinski definition) is 2. The molecule has 2 N–H and O–H groups in total. The Balaban J connectivity index is 2.22. The van der Waals surface area contributed by atoms with E-state index in [9.17, 15) is 8.42 Å². The summed E-state index contributed by atoms with van der Waals surface area (Å²) in [4.78, 5) is 1.03. The molecule has 0 saturated heterocycles. The van der Waals surface area contributed by atoms with Crippen molar-refractivity contribution < 1.29 is 12.8 Å². The third-order valence-corrected chi connectivity index (χ3v) is 5.98.